The molecule has 96 valence electrons. The van der Waals surface area contributed by atoms with Gasteiger partial charge in [-0.15, -0.1) is 0 Å². The van der Waals surface area contributed by atoms with E-state index in [1.807, 2.05) is 0 Å². The number of hydrogen-bond donors (Lipinski definition) is 1. The Morgan fingerprint density at radius 3 is 2.89 bits per heavy atom. The van der Waals surface area contributed by atoms with Crippen LogP contribution in [0.15, 0.2) is 24.3 Å². The highest BCUT2D eigenvalue weighted by atomic mass is 16.5. The van der Waals surface area contributed by atoms with Crippen LogP contribution in [0.25, 0.3) is 0 Å². The lowest BCUT2D eigenvalue weighted by Gasteiger charge is -2.38. The Morgan fingerprint density at radius 2 is 2.06 bits per heavy atom. The first-order chi connectivity index (χ1) is 8.85. The summed E-state index contributed by atoms with van der Waals surface area (Å²) in [6.45, 7) is 1.86. The van der Waals surface area contributed by atoms with E-state index in [-0.39, 0.29) is 6.10 Å². The average molecular weight is 243 g/mol. The fraction of sp³-hybridized carbons (Fsp3) is 0.625. The monoisotopic (exact) mass is 243 g/mol. The summed E-state index contributed by atoms with van der Waals surface area (Å²) in [7, 11) is 0. The molecule has 0 amide bonds. The summed E-state index contributed by atoms with van der Waals surface area (Å²) < 4.78 is 5.93. The molecular formula is C16H21NO. The highest BCUT2D eigenvalue weighted by Crippen LogP contribution is 2.60. The van der Waals surface area contributed by atoms with E-state index < -0.39 is 0 Å². The standard InChI is InChI=1S/C16H21NO/c1-2-4-14-12(3-1)5-8-18-15(14)11-17-13-9-16(10-13)6-7-16/h1-4,13,15,17H,5-11H2. The largest absolute Gasteiger partial charge is 0.372 e. The van der Waals surface area contributed by atoms with Gasteiger partial charge in [0, 0.05) is 12.6 Å². The van der Waals surface area contributed by atoms with Crippen LogP contribution >= 0.6 is 0 Å². The van der Waals surface area contributed by atoms with Crippen molar-refractivity contribution in [1.29, 1.82) is 0 Å². The van der Waals surface area contributed by atoms with Crippen molar-refractivity contribution < 1.29 is 4.74 Å². The zero-order valence-corrected chi connectivity index (χ0v) is 10.8. The van der Waals surface area contributed by atoms with Crippen LogP contribution < -0.4 is 5.32 Å². The Kier molecular flexibility index (Phi) is 2.49. The minimum absolute atomic E-state index is 0.269. The molecule has 0 radical (unpaired) electrons. The summed E-state index contributed by atoms with van der Waals surface area (Å²) in [5.41, 5.74) is 3.67. The van der Waals surface area contributed by atoms with Gasteiger partial charge in [-0.3, -0.25) is 0 Å². The zero-order valence-electron chi connectivity index (χ0n) is 10.8. The minimum Gasteiger partial charge on any atom is -0.372 e. The maximum atomic E-state index is 5.93. The second kappa shape index (κ2) is 4.07. The summed E-state index contributed by atoms with van der Waals surface area (Å²) in [4.78, 5) is 0. The molecule has 4 rings (SSSR count). The number of nitrogens with one attached hydrogen (secondary N) is 1. The van der Waals surface area contributed by atoms with Gasteiger partial charge in [-0.05, 0) is 48.6 Å². The minimum atomic E-state index is 0.269. The van der Waals surface area contributed by atoms with Gasteiger partial charge in [-0.2, -0.15) is 0 Å². The number of ether oxygens (including phenoxy) is 1. The van der Waals surface area contributed by atoms with Gasteiger partial charge in [0.05, 0.1) is 12.7 Å². The van der Waals surface area contributed by atoms with Gasteiger partial charge < -0.3 is 10.1 Å². The molecule has 2 nitrogen and oxygen atoms in total. The number of fused-ring (bicyclic) bond motifs is 1. The quantitative estimate of drug-likeness (QED) is 0.881. The highest BCUT2D eigenvalue weighted by molar-refractivity contribution is 5.31. The summed E-state index contributed by atoms with van der Waals surface area (Å²) in [5.74, 6) is 0. The Balaban J connectivity index is 1.37. The number of hydrogen-bond acceptors (Lipinski definition) is 2. The second-order valence-electron chi connectivity index (χ2n) is 6.32. The van der Waals surface area contributed by atoms with Crippen LogP contribution in [-0.2, 0) is 11.2 Å². The predicted octanol–water partition coefficient (Wildman–Crippen LogP) is 2.83. The van der Waals surface area contributed by atoms with E-state index in [9.17, 15) is 0 Å². The SMILES string of the molecule is c1ccc2c(c1)CCOC2CNC1CC2(CC2)C1. The number of rotatable bonds is 3. The van der Waals surface area contributed by atoms with Gasteiger partial charge in [-0.1, -0.05) is 24.3 Å². The van der Waals surface area contributed by atoms with Gasteiger partial charge >= 0.3 is 0 Å². The highest BCUT2D eigenvalue weighted by Gasteiger charge is 2.52. The molecule has 2 saturated carbocycles. The second-order valence-corrected chi connectivity index (χ2v) is 6.32. The van der Waals surface area contributed by atoms with E-state index >= 15 is 0 Å². The lowest BCUT2D eigenvalue weighted by molar-refractivity contribution is 0.0352. The molecule has 0 saturated heterocycles. The average Bonchev–Trinajstić information content (AvgIpc) is 3.15. The molecule has 1 spiro atoms. The first kappa shape index (κ1) is 11.0. The van der Waals surface area contributed by atoms with Crippen molar-refractivity contribution in [2.75, 3.05) is 13.2 Å². The van der Waals surface area contributed by atoms with E-state index in [0.29, 0.717) is 0 Å². The van der Waals surface area contributed by atoms with E-state index in [2.05, 4.69) is 29.6 Å². The topological polar surface area (TPSA) is 21.3 Å². The molecule has 0 aromatic heterocycles. The van der Waals surface area contributed by atoms with Crippen LogP contribution in [0.2, 0.25) is 0 Å². The van der Waals surface area contributed by atoms with Crippen molar-refractivity contribution in [3.05, 3.63) is 35.4 Å². The van der Waals surface area contributed by atoms with Crippen molar-refractivity contribution in [1.82, 2.24) is 5.32 Å². The zero-order chi connectivity index (χ0) is 12.0. The molecule has 1 unspecified atom stereocenters. The molecule has 3 aliphatic rings. The van der Waals surface area contributed by atoms with Crippen molar-refractivity contribution in [2.24, 2.45) is 5.41 Å². The van der Waals surface area contributed by atoms with Crippen molar-refractivity contribution in [3.8, 4) is 0 Å². The Morgan fingerprint density at radius 1 is 1.22 bits per heavy atom. The van der Waals surface area contributed by atoms with E-state index in [4.69, 9.17) is 4.74 Å². The van der Waals surface area contributed by atoms with Crippen LogP contribution in [0.3, 0.4) is 0 Å². The third-order valence-corrected chi connectivity index (χ3v) is 5.00. The molecule has 1 aromatic carbocycles. The van der Waals surface area contributed by atoms with Gasteiger partial charge in [0.25, 0.3) is 0 Å². The molecular weight excluding hydrogens is 222 g/mol. The molecule has 2 fully saturated rings. The fourth-order valence-electron chi connectivity index (χ4n) is 3.63. The number of benzene rings is 1. The molecule has 2 aliphatic carbocycles. The van der Waals surface area contributed by atoms with Crippen molar-refractivity contribution in [2.45, 2.75) is 44.2 Å². The third kappa shape index (κ3) is 1.88. The lowest BCUT2D eigenvalue weighted by Crippen LogP contribution is -2.44. The lowest BCUT2D eigenvalue weighted by atomic mass is 9.77. The van der Waals surface area contributed by atoms with E-state index in [1.165, 1.54) is 36.8 Å². The van der Waals surface area contributed by atoms with Gasteiger partial charge in [0.2, 0.25) is 0 Å². The van der Waals surface area contributed by atoms with Crippen molar-refractivity contribution >= 4 is 0 Å². The summed E-state index contributed by atoms with van der Waals surface area (Å²) >= 11 is 0. The predicted molar refractivity (Wildman–Crippen MR) is 71.5 cm³/mol. The van der Waals surface area contributed by atoms with Gasteiger partial charge in [-0.25, -0.2) is 0 Å². The summed E-state index contributed by atoms with van der Waals surface area (Å²) in [5, 5.41) is 3.70. The molecule has 2 heteroatoms. The molecule has 1 heterocycles. The Hall–Kier alpha value is -0.860. The van der Waals surface area contributed by atoms with Crippen LogP contribution in [0.4, 0.5) is 0 Å². The molecule has 1 aromatic rings. The maximum Gasteiger partial charge on any atom is 0.0952 e. The first-order valence-electron chi connectivity index (χ1n) is 7.28. The maximum absolute atomic E-state index is 5.93. The Labute approximate surface area is 109 Å². The van der Waals surface area contributed by atoms with Crippen molar-refractivity contribution in [3.63, 3.8) is 0 Å². The van der Waals surface area contributed by atoms with Gasteiger partial charge in [0.1, 0.15) is 0 Å². The molecule has 0 bridgehead atoms. The molecule has 18 heavy (non-hydrogen) atoms. The van der Waals surface area contributed by atoms with E-state index in [0.717, 1.165) is 31.0 Å². The summed E-state index contributed by atoms with van der Waals surface area (Å²) in [6, 6.07) is 9.49. The van der Waals surface area contributed by atoms with Crippen LogP contribution in [-0.4, -0.2) is 19.2 Å². The molecule has 1 atom stereocenters. The smallest absolute Gasteiger partial charge is 0.0952 e. The van der Waals surface area contributed by atoms with Crippen LogP contribution in [0.5, 0.6) is 0 Å². The fourth-order valence-corrected chi connectivity index (χ4v) is 3.63. The third-order valence-electron chi connectivity index (χ3n) is 5.00. The van der Waals surface area contributed by atoms with Crippen LogP contribution in [0.1, 0.15) is 42.9 Å². The normalized spacial score (nSPS) is 28.8. The molecule has 1 N–H and O–H groups in total. The summed E-state index contributed by atoms with van der Waals surface area (Å²) in [6.07, 6.45) is 7.11. The molecule has 1 aliphatic heterocycles. The first-order valence-corrected chi connectivity index (χ1v) is 7.28. The van der Waals surface area contributed by atoms with Gasteiger partial charge in [0.15, 0.2) is 0 Å². The van der Waals surface area contributed by atoms with Crippen LogP contribution in [0, 0.1) is 5.41 Å². The Bertz CT molecular complexity index is 444. The van der Waals surface area contributed by atoms with E-state index in [1.54, 1.807) is 0 Å².